The lowest BCUT2D eigenvalue weighted by atomic mass is 10.2. The first kappa shape index (κ1) is 18.9. The molecular weight excluding hydrogens is 420 g/mol. The van der Waals surface area contributed by atoms with E-state index in [1.807, 2.05) is 12.1 Å². The number of hydrogen-bond acceptors (Lipinski definition) is 4. The Morgan fingerprint density at radius 3 is 2.50 bits per heavy atom. The number of carbonyl (C=O) groups excluding carboxylic acids is 1. The van der Waals surface area contributed by atoms with Crippen LogP contribution in [0.25, 0.3) is 0 Å². The predicted octanol–water partition coefficient (Wildman–Crippen LogP) is 3.22. The van der Waals surface area contributed by atoms with Gasteiger partial charge in [0.15, 0.2) is 6.61 Å². The van der Waals surface area contributed by atoms with E-state index in [4.69, 9.17) is 4.74 Å². The van der Waals surface area contributed by atoms with E-state index in [9.17, 15) is 13.2 Å². The van der Waals surface area contributed by atoms with Gasteiger partial charge in [-0.1, -0.05) is 15.9 Å². The number of benzene rings is 2. The summed E-state index contributed by atoms with van der Waals surface area (Å²) in [7, 11) is -3.50. The van der Waals surface area contributed by atoms with Gasteiger partial charge in [0.05, 0.1) is 4.90 Å². The van der Waals surface area contributed by atoms with Crippen molar-refractivity contribution in [2.45, 2.75) is 30.7 Å². The van der Waals surface area contributed by atoms with Crippen molar-refractivity contribution >= 4 is 37.5 Å². The minimum Gasteiger partial charge on any atom is -0.483 e. The van der Waals surface area contributed by atoms with Gasteiger partial charge in [0, 0.05) is 16.2 Å². The standard InChI is InChI=1S/C18H19BrN2O4S/c1-12-10-16(26(23,24)21-15-6-7-15)8-9-17(12)25-11-18(22)20-14-4-2-13(19)3-5-14/h2-5,8-10,15,21H,6-7,11H2,1H3,(H,20,22). The Labute approximate surface area is 161 Å². The zero-order valence-corrected chi connectivity index (χ0v) is 16.6. The van der Waals surface area contributed by atoms with Gasteiger partial charge in [-0.15, -0.1) is 0 Å². The van der Waals surface area contributed by atoms with Crippen LogP contribution in [-0.2, 0) is 14.8 Å². The Balaban J connectivity index is 1.59. The normalized spacial score (nSPS) is 14.1. The first-order valence-electron chi connectivity index (χ1n) is 8.15. The quantitative estimate of drug-likeness (QED) is 0.694. The number of amides is 1. The molecule has 1 amide bonds. The van der Waals surface area contributed by atoms with E-state index in [0.717, 1.165) is 17.3 Å². The van der Waals surface area contributed by atoms with Crippen molar-refractivity contribution in [3.8, 4) is 5.75 Å². The van der Waals surface area contributed by atoms with Crippen molar-refractivity contribution in [1.29, 1.82) is 0 Å². The molecule has 2 aromatic carbocycles. The monoisotopic (exact) mass is 438 g/mol. The van der Waals surface area contributed by atoms with Crippen LogP contribution < -0.4 is 14.8 Å². The molecule has 0 bridgehead atoms. The summed E-state index contributed by atoms with van der Waals surface area (Å²) in [5.74, 6) is 0.181. The molecule has 6 nitrogen and oxygen atoms in total. The molecular formula is C18H19BrN2O4S. The Morgan fingerprint density at radius 2 is 1.88 bits per heavy atom. The lowest BCUT2D eigenvalue weighted by Crippen LogP contribution is -2.25. The van der Waals surface area contributed by atoms with Gasteiger partial charge in [-0.2, -0.15) is 0 Å². The van der Waals surface area contributed by atoms with Crippen LogP contribution in [0.5, 0.6) is 5.75 Å². The Bertz CT molecular complexity index is 909. The van der Waals surface area contributed by atoms with Gasteiger partial charge in [-0.05, 0) is 67.8 Å². The van der Waals surface area contributed by atoms with Crippen molar-refractivity contribution < 1.29 is 17.9 Å². The lowest BCUT2D eigenvalue weighted by Gasteiger charge is -2.12. The number of rotatable bonds is 7. The van der Waals surface area contributed by atoms with Gasteiger partial charge in [-0.25, -0.2) is 13.1 Å². The van der Waals surface area contributed by atoms with Gasteiger partial charge in [0.25, 0.3) is 5.91 Å². The Hall–Kier alpha value is -1.90. The first-order valence-corrected chi connectivity index (χ1v) is 10.4. The van der Waals surface area contributed by atoms with E-state index in [-0.39, 0.29) is 23.5 Å². The van der Waals surface area contributed by atoms with E-state index in [1.165, 1.54) is 6.07 Å². The summed E-state index contributed by atoms with van der Waals surface area (Å²) >= 11 is 3.33. The van der Waals surface area contributed by atoms with E-state index in [2.05, 4.69) is 26.0 Å². The van der Waals surface area contributed by atoms with Crippen LogP contribution in [0, 0.1) is 6.92 Å². The van der Waals surface area contributed by atoms with Crippen molar-refractivity contribution in [2.24, 2.45) is 0 Å². The van der Waals surface area contributed by atoms with Crippen LogP contribution in [-0.4, -0.2) is 27.0 Å². The maximum atomic E-state index is 12.2. The summed E-state index contributed by atoms with van der Waals surface area (Å²) in [6.45, 7) is 1.58. The maximum absolute atomic E-state index is 12.2. The van der Waals surface area contributed by atoms with Gasteiger partial charge in [0.2, 0.25) is 10.0 Å². The molecule has 0 heterocycles. The number of ether oxygens (including phenoxy) is 1. The number of carbonyl (C=O) groups is 1. The molecule has 0 spiro atoms. The van der Waals surface area contributed by atoms with Crippen LogP contribution >= 0.6 is 15.9 Å². The minimum absolute atomic E-state index is 0.0542. The average molecular weight is 439 g/mol. The third-order valence-corrected chi connectivity index (χ3v) is 5.89. The number of sulfonamides is 1. The molecule has 0 aliphatic heterocycles. The van der Waals surface area contributed by atoms with Gasteiger partial charge >= 0.3 is 0 Å². The zero-order chi connectivity index (χ0) is 18.7. The van der Waals surface area contributed by atoms with Crippen molar-refractivity contribution in [3.05, 3.63) is 52.5 Å². The first-order chi connectivity index (χ1) is 12.3. The second-order valence-corrected chi connectivity index (χ2v) is 8.80. The van der Waals surface area contributed by atoms with Crippen LogP contribution in [0.4, 0.5) is 5.69 Å². The van der Waals surface area contributed by atoms with Crippen LogP contribution in [0.3, 0.4) is 0 Å². The molecule has 26 heavy (non-hydrogen) atoms. The number of halogens is 1. The largest absolute Gasteiger partial charge is 0.483 e. The molecule has 2 aromatic rings. The highest BCUT2D eigenvalue weighted by Crippen LogP contribution is 2.25. The van der Waals surface area contributed by atoms with Crippen LogP contribution in [0.15, 0.2) is 51.8 Å². The SMILES string of the molecule is Cc1cc(S(=O)(=O)NC2CC2)ccc1OCC(=O)Nc1ccc(Br)cc1. The molecule has 1 saturated carbocycles. The topological polar surface area (TPSA) is 84.5 Å². The average Bonchev–Trinajstić information content (AvgIpc) is 3.39. The van der Waals surface area contributed by atoms with Crippen LogP contribution in [0.1, 0.15) is 18.4 Å². The zero-order valence-electron chi connectivity index (χ0n) is 14.2. The summed E-state index contributed by atoms with van der Waals surface area (Å²) in [4.78, 5) is 12.2. The molecule has 0 aromatic heterocycles. The lowest BCUT2D eigenvalue weighted by molar-refractivity contribution is -0.118. The number of hydrogen-bond donors (Lipinski definition) is 2. The summed E-state index contributed by atoms with van der Waals surface area (Å²) in [6, 6.07) is 11.9. The van der Waals surface area contributed by atoms with E-state index < -0.39 is 10.0 Å². The Morgan fingerprint density at radius 1 is 1.19 bits per heavy atom. The molecule has 0 radical (unpaired) electrons. The third-order valence-electron chi connectivity index (χ3n) is 3.84. The summed E-state index contributed by atoms with van der Waals surface area (Å²) in [5.41, 5.74) is 1.33. The minimum atomic E-state index is -3.50. The second-order valence-electron chi connectivity index (χ2n) is 6.17. The highest BCUT2D eigenvalue weighted by Gasteiger charge is 2.28. The van der Waals surface area contributed by atoms with Crippen molar-refractivity contribution in [1.82, 2.24) is 4.72 Å². The highest BCUT2D eigenvalue weighted by atomic mass is 79.9. The molecule has 0 atom stereocenters. The molecule has 8 heteroatoms. The van der Waals surface area contributed by atoms with E-state index in [1.54, 1.807) is 31.2 Å². The highest BCUT2D eigenvalue weighted by molar-refractivity contribution is 9.10. The maximum Gasteiger partial charge on any atom is 0.262 e. The summed E-state index contributed by atoms with van der Waals surface area (Å²) < 4.78 is 33.5. The van der Waals surface area contributed by atoms with Gasteiger partial charge < -0.3 is 10.1 Å². The molecule has 0 saturated heterocycles. The summed E-state index contributed by atoms with van der Waals surface area (Å²) in [5, 5.41) is 2.73. The second kappa shape index (κ2) is 7.77. The molecule has 1 aliphatic rings. The molecule has 2 N–H and O–H groups in total. The molecule has 1 fully saturated rings. The smallest absolute Gasteiger partial charge is 0.262 e. The molecule has 138 valence electrons. The number of nitrogens with one attached hydrogen (secondary N) is 2. The predicted molar refractivity (Wildman–Crippen MR) is 103 cm³/mol. The molecule has 3 rings (SSSR count). The third kappa shape index (κ3) is 5.06. The summed E-state index contributed by atoms with van der Waals surface area (Å²) in [6.07, 6.45) is 1.76. The number of aryl methyl sites for hydroxylation is 1. The van der Waals surface area contributed by atoms with E-state index in [0.29, 0.717) is 17.0 Å². The van der Waals surface area contributed by atoms with Crippen LogP contribution in [0.2, 0.25) is 0 Å². The molecule has 0 unspecified atom stereocenters. The fourth-order valence-corrected chi connectivity index (χ4v) is 3.97. The van der Waals surface area contributed by atoms with Crippen molar-refractivity contribution in [2.75, 3.05) is 11.9 Å². The molecule has 1 aliphatic carbocycles. The van der Waals surface area contributed by atoms with Crippen molar-refractivity contribution in [3.63, 3.8) is 0 Å². The fraction of sp³-hybridized carbons (Fsp3) is 0.278. The van der Waals surface area contributed by atoms with Gasteiger partial charge in [-0.3, -0.25) is 4.79 Å². The van der Waals surface area contributed by atoms with E-state index >= 15 is 0 Å². The number of anilines is 1. The Kier molecular flexibility index (Phi) is 5.64. The van der Waals surface area contributed by atoms with Gasteiger partial charge in [0.1, 0.15) is 5.75 Å². The fourth-order valence-electron chi connectivity index (χ4n) is 2.31.